The quantitative estimate of drug-likeness (QED) is 0.798. The van der Waals surface area contributed by atoms with E-state index in [2.05, 4.69) is 16.0 Å². The highest BCUT2D eigenvalue weighted by atomic mass is 35.5. The van der Waals surface area contributed by atoms with Crippen LogP contribution in [0.5, 0.6) is 0 Å². The second kappa shape index (κ2) is 7.60. The van der Waals surface area contributed by atoms with Crippen LogP contribution in [0.15, 0.2) is 48.5 Å². The highest BCUT2D eigenvalue weighted by Gasteiger charge is 2.16. The van der Waals surface area contributed by atoms with Gasteiger partial charge < -0.3 is 16.0 Å². The van der Waals surface area contributed by atoms with E-state index < -0.39 is 23.8 Å². The first kappa shape index (κ1) is 16.8. The van der Waals surface area contributed by atoms with E-state index >= 15 is 0 Å². The summed E-state index contributed by atoms with van der Waals surface area (Å²) in [6.07, 6.45) is 0. The summed E-state index contributed by atoms with van der Waals surface area (Å²) in [5.41, 5.74) is 0.595. The zero-order chi connectivity index (χ0) is 16.8. The maximum Gasteiger partial charge on any atom is 0.319 e. The Kier molecular flexibility index (Phi) is 5.54. The van der Waals surface area contributed by atoms with Gasteiger partial charge in [-0.05, 0) is 43.3 Å². The van der Waals surface area contributed by atoms with Gasteiger partial charge in [0.2, 0.25) is 5.91 Å². The van der Waals surface area contributed by atoms with E-state index in [0.29, 0.717) is 10.7 Å². The second-order valence-electron chi connectivity index (χ2n) is 4.80. The number of hydrogen-bond donors (Lipinski definition) is 3. The second-order valence-corrected chi connectivity index (χ2v) is 5.23. The summed E-state index contributed by atoms with van der Waals surface area (Å²) in [4.78, 5) is 23.8. The average molecular weight is 336 g/mol. The van der Waals surface area contributed by atoms with Crippen LogP contribution in [0.25, 0.3) is 0 Å². The Hall–Kier alpha value is -2.60. The number of amides is 3. The number of hydrogen-bond acceptors (Lipinski definition) is 2. The van der Waals surface area contributed by atoms with Crippen LogP contribution >= 0.6 is 11.6 Å². The monoisotopic (exact) mass is 335 g/mol. The van der Waals surface area contributed by atoms with E-state index in [4.69, 9.17) is 11.6 Å². The average Bonchev–Trinajstić information content (AvgIpc) is 2.51. The fraction of sp³-hybridized carbons (Fsp3) is 0.125. The van der Waals surface area contributed by atoms with Crippen LogP contribution in [0.1, 0.15) is 6.92 Å². The Labute approximate surface area is 137 Å². The molecule has 3 N–H and O–H groups in total. The van der Waals surface area contributed by atoms with Gasteiger partial charge in [0.05, 0.1) is 5.69 Å². The molecule has 3 amide bonds. The zero-order valence-corrected chi connectivity index (χ0v) is 13.0. The van der Waals surface area contributed by atoms with Crippen molar-refractivity contribution >= 4 is 34.9 Å². The molecule has 0 radical (unpaired) electrons. The van der Waals surface area contributed by atoms with E-state index in [1.54, 1.807) is 30.3 Å². The Bertz CT molecular complexity index is 707. The van der Waals surface area contributed by atoms with Crippen LogP contribution in [0, 0.1) is 5.82 Å². The molecule has 0 aliphatic rings. The smallest absolute Gasteiger partial charge is 0.319 e. The highest BCUT2D eigenvalue weighted by molar-refractivity contribution is 6.30. The van der Waals surface area contributed by atoms with E-state index in [1.165, 1.54) is 25.1 Å². The topological polar surface area (TPSA) is 70.2 Å². The van der Waals surface area contributed by atoms with Crippen LogP contribution in [0.4, 0.5) is 20.6 Å². The molecular weight excluding hydrogens is 321 g/mol. The minimum atomic E-state index is -0.845. The fourth-order valence-corrected chi connectivity index (χ4v) is 1.89. The Morgan fingerprint density at radius 2 is 1.70 bits per heavy atom. The molecule has 0 saturated heterocycles. The molecule has 0 spiro atoms. The third-order valence-electron chi connectivity index (χ3n) is 2.97. The number of halogens is 2. The first-order chi connectivity index (χ1) is 11.0. The molecule has 5 nitrogen and oxygen atoms in total. The number of carbonyl (C=O) groups is 2. The summed E-state index contributed by atoms with van der Waals surface area (Å²) in [7, 11) is 0. The minimum Gasteiger partial charge on any atom is -0.326 e. The summed E-state index contributed by atoms with van der Waals surface area (Å²) in [6, 6.07) is 10.9. The SMILES string of the molecule is CC(NC(=O)Nc1ccc(Cl)cc1)C(=O)Nc1ccccc1F. The predicted octanol–water partition coefficient (Wildman–Crippen LogP) is 3.63. The van der Waals surface area contributed by atoms with Gasteiger partial charge in [0.1, 0.15) is 11.9 Å². The number of para-hydroxylation sites is 1. The van der Waals surface area contributed by atoms with Crippen LogP contribution in [-0.2, 0) is 4.79 Å². The lowest BCUT2D eigenvalue weighted by Crippen LogP contribution is -2.43. The van der Waals surface area contributed by atoms with Crippen molar-refractivity contribution in [2.24, 2.45) is 0 Å². The van der Waals surface area contributed by atoms with E-state index in [9.17, 15) is 14.0 Å². The summed E-state index contributed by atoms with van der Waals surface area (Å²) in [6.45, 7) is 1.50. The van der Waals surface area contributed by atoms with Crippen molar-refractivity contribution in [3.8, 4) is 0 Å². The molecule has 23 heavy (non-hydrogen) atoms. The number of anilines is 2. The fourth-order valence-electron chi connectivity index (χ4n) is 1.77. The summed E-state index contributed by atoms with van der Waals surface area (Å²) in [5.74, 6) is -1.07. The van der Waals surface area contributed by atoms with E-state index in [1.807, 2.05) is 0 Å². The lowest BCUT2D eigenvalue weighted by atomic mass is 10.2. The molecule has 0 aliphatic heterocycles. The van der Waals surface area contributed by atoms with Crippen LogP contribution in [0.2, 0.25) is 5.02 Å². The van der Waals surface area contributed by atoms with Gasteiger partial charge in [-0.3, -0.25) is 4.79 Å². The van der Waals surface area contributed by atoms with Gasteiger partial charge in [-0.2, -0.15) is 0 Å². The number of rotatable bonds is 4. The van der Waals surface area contributed by atoms with Gasteiger partial charge in [0, 0.05) is 10.7 Å². The molecule has 0 aliphatic carbocycles. The third kappa shape index (κ3) is 4.96. The number of nitrogens with one attached hydrogen (secondary N) is 3. The lowest BCUT2D eigenvalue weighted by molar-refractivity contribution is -0.117. The minimum absolute atomic E-state index is 0.0595. The molecule has 0 fully saturated rings. The lowest BCUT2D eigenvalue weighted by Gasteiger charge is -2.15. The molecular formula is C16H15ClFN3O2. The summed E-state index contributed by atoms with van der Waals surface area (Å²) in [5, 5.41) is 7.99. The maximum absolute atomic E-state index is 13.5. The summed E-state index contributed by atoms with van der Waals surface area (Å²) < 4.78 is 13.5. The molecule has 7 heteroatoms. The van der Waals surface area contributed by atoms with Gasteiger partial charge in [-0.1, -0.05) is 23.7 Å². The van der Waals surface area contributed by atoms with Crippen molar-refractivity contribution in [2.45, 2.75) is 13.0 Å². The third-order valence-corrected chi connectivity index (χ3v) is 3.23. The Morgan fingerprint density at radius 1 is 1.04 bits per heavy atom. The number of benzene rings is 2. The first-order valence-corrected chi connectivity index (χ1v) is 7.22. The van der Waals surface area contributed by atoms with Gasteiger partial charge in [-0.25, -0.2) is 9.18 Å². The van der Waals surface area contributed by atoms with Crippen molar-refractivity contribution in [3.05, 3.63) is 59.4 Å². The molecule has 1 atom stereocenters. The molecule has 1 unspecified atom stereocenters. The molecule has 0 saturated carbocycles. The van der Waals surface area contributed by atoms with Crippen molar-refractivity contribution in [3.63, 3.8) is 0 Å². The normalized spacial score (nSPS) is 11.4. The van der Waals surface area contributed by atoms with Crippen molar-refractivity contribution in [1.82, 2.24) is 5.32 Å². The van der Waals surface area contributed by atoms with Crippen molar-refractivity contribution in [2.75, 3.05) is 10.6 Å². The molecule has 0 bridgehead atoms. The van der Waals surface area contributed by atoms with E-state index in [0.717, 1.165) is 0 Å². The Morgan fingerprint density at radius 3 is 2.35 bits per heavy atom. The Balaban J connectivity index is 1.89. The van der Waals surface area contributed by atoms with Gasteiger partial charge >= 0.3 is 6.03 Å². The molecule has 2 rings (SSSR count). The van der Waals surface area contributed by atoms with Gasteiger partial charge in [-0.15, -0.1) is 0 Å². The molecule has 120 valence electrons. The van der Waals surface area contributed by atoms with Gasteiger partial charge in [0.15, 0.2) is 0 Å². The number of urea groups is 1. The molecule has 2 aromatic carbocycles. The largest absolute Gasteiger partial charge is 0.326 e. The predicted molar refractivity (Wildman–Crippen MR) is 88.1 cm³/mol. The summed E-state index contributed by atoms with van der Waals surface area (Å²) >= 11 is 5.75. The molecule has 2 aromatic rings. The van der Waals surface area contributed by atoms with Crippen LogP contribution in [-0.4, -0.2) is 18.0 Å². The van der Waals surface area contributed by atoms with Crippen LogP contribution < -0.4 is 16.0 Å². The standard InChI is InChI=1S/C16H15ClFN3O2/c1-10(15(22)21-14-5-3-2-4-13(14)18)19-16(23)20-12-8-6-11(17)7-9-12/h2-10H,1H3,(H,21,22)(H2,19,20,23). The number of carbonyl (C=O) groups excluding carboxylic acids is 2. The highest BCUT2D eigenvalue weighted by Crippen LogP contribution is 2.14. The maximum atomic E-state index is 13.5. The van der Waals surface area contributed by atoms with Crippen molar-refractivity contribution < 1.29 is 14.0 Å². The first-order valence-electron chi connectivity index (χ1n) is 6.84. The zero-order valence-electron chi connectivity index (χ0n) is 12.3. The molecule has 0 heterocycles. The van der Waals surface area contributed by atoms with Gasteiger partial charge in [0.25, 0.3) is 0 Å². The van der Waals surface area contributed by atoms with E-state index in [-0.39, 0.29) is 5.69 Å². The van der Waals surface area contributed by atoms with Crippen molar-refractivity contribution in [1.29, 1.82) is 0 Å². The molecule has 0 aromatic heterocycles. The van der Waals surface area contributed by atoms with Crippen LogP contribution in [0.3, 0.4) is 0 Å².